The van der Waals surface area contributed by atoms with Crippen molar-refractivity contribution in [2.45, 2.75) is 91.1 Å². The molecule has 0 saturated carbocycles. The summed E-state index contributed by atoms with van der Waals surface area (Å²) in [5.74, 6) is -0.850. The van der Waals surface area contributed by atoms with Crippen LogP contribution in [-0.4, -0.2) is 23.1 Å². The summed E-state index contributed by atoms with van der Waals surface area (Å²) in [5.41, 5.74) is 0.141. The van der Waals surface area contributed by atoms with E-state index in [1.54, 1.807) is 12.1 Å². The predicted octanol–water partition coefficient (Wildman–Crippen LogP) is 6.49. The van der Waals surface area contributed by atoms with Crippen molar-refractivity contribution in [3.05, 3.63) is 35.4 Å². The van der Waals surface area contributed by atoms with Gasteiger partial charge in [0, 0.05) is 0 Å². The van der Waals surface area contributed by atoms with Crippen molar-refractivity contribution < 1.29 is 19.4 Å². The SMILES string of the molecule is CCCCC(CCCCCCCC(C)C)OC(=O)c1ccccc1C(=O)O. The number of hydrogen-bond acceptors (Lipinski definition) is 3. The van der Waals surface area contributed by atoms with Gasteiger partial charge in [-0.1, -0.05) is 77.8 Å². The molecular formula is C23H36O4. The van der Waals surface area contributed by atoms with Crippen LogP contribution in [-0.2, 0) is 4.74 Å². The number of carbonyl (C=O) groups is 2. The zero-order valence-corrected chi connectivity index (χ0v) is 17.2. The molecule has 0 aliphatic heterocycles. The predicted molar refractivity (Wildman–Crippen MR) is 109 cm³/mol. The van der Waals surface area contributed by atoms with E-state index in [1.165, 1.54) is 37.8 Å². The highest BCUT2D eigenvalue weighted by molar-refractivity contribution is 6.02. The zero-order valence-electron chi connectivity index (χ0n) is 17.2. The maximum absolute atomic E-state index is 12.5. The molecule has 27 heavy (non-hydrogen) atoms. The maximum Gasteiger partial charge on any atom is 0.339 e. The van der Waals surface area contributed by atoms with E-state index in [1.807, 2.05) is 0 Å². The van der Waals surface area contributed by atoms with E-state index >= 15 is 0 Å². The molecule has 0 amide bonds. The minimum absolute atomic E-state index is 0.00175. The van der Waals surface area contributed by atoms with Crippen molar-refractivity contribution in [3.63, 3.8) is 0 Å². The van der Waals surface area contributed by atoms with Gasteiger partial charge in [-0.3, -0.25) is 0 Å². The summed E-state index contributed by atoms with van der Waals surface area (Å²) in [5, 5.41) is 9.26. The third-order valence-electron chi connectivity index (χ3n) is 4.84. The molecule has 1 rings (SSSR count). The Balaban J connectivity index is 2.49. The minimum atomic E-state index is -1.10. The molecule has 4 nitrogen and oxygen atoms in total. The number of ether oxygens (including phenoxy) is 1. The molecule has 0 aromatic heterocycles. The van der Waals surface area contributed by atoms with Gasteiger partial charge in [0.15, 0.2) is 0 Å². The standard InChI is InChI=1S/C23H36O4/c1-4-5-14-19(15-10-8-6-7-9-13-18(2)3)27-23(26)21-17-12-11-16-20(21)22(24)25/h11-12,16-19H,4-10,13-15H2,1-3H3,(H,24,25). The first-order valence-corrected chi connectivity index (χ1v) is 10.5. The lowest BCUT2D eigenvalue weighted by Crippen LogP contribution is -2.20. The normalized spacial score (nSPS) is 12.1. The Hall–Kier alpha value is -1.84. The van der Waals surface area contributed by atoms with Crippen LogP contribution in [0.15, 0.2) is 24.3 Å². The topological polar surface area (TPSA) is 63.6 Å². The van der Waals surface area contributed by atoms with E-state index < -0.39 is 11.9 Å². The van der Waals surface area contributed by atoms with Crippen molar-refractivity contribution >= 4 is 11.9 Å². The van der Waals surface area contributed by atoms with Crippen molar-refractivity contribution in [1.29, 1.82) is 0 Å². The van der Waals surface area contributed by atoms with Gasteiger partial charge in [-0.05, 0) is 37.3 Å². The Morgan fingerprint density at radius 2 is 1.44 bits per heavy atom. The van der Waals surface area contributed by atoms with Crippen LogP contribution in [0.4, 0.5) is 0 Å². The molecule has 0 aliphatic rings. The molecule has 0 aliphatic carbocycles. The van der Waals surface area contributed by atoms with Crippen LogP contribution >= 0.6 is 0 Å². The van der Waals surface area contributed by atoms with Crippen molar-refractivity contribution in [2.24, 2.45) is 5.92 Å². The van der Waals surface area contributed by atoms with Crippen molar-refractivity contribution in [3.8, 4) is 0 Å². The van der Waals surface area contributed by atoms with Gasteiger partial charge in [0.1, 0.15) is 6.10 Å². The van der Waals surface area contributed by atoms with Gasteiger partial charge in [0.05, 0.1) is 11.1 Å². The molecule has 0 radical (unpaired) electrons. The fourth-order valence-corrected chi connectivity index (χ4v) is 3.21. The largest absolute Gasteiger partial charge is 0.478 e. The monoisotopic (exact) mass is 376 g/mol. The molecule has 1 atom stereocenters. The van der Waals surface area contributed by atoms with E-state index in [0.29, 0.717) is 0 Å². The average molecular weight is 377 g/mol. The lowest BCUT2D eigenvalue weighted by Gasteiger charge is -2.18. The van der Waals surface area contributed by atoms with Crippen molar-refractivity contribution in [2.75, 3.05) is 0 Å². The second kappa shape index (κ2) is 13.3. The van der Waals surface area contributed by atoms with Crippen LogP contribution in [0.3, 0.4) is 0 Å². The molecule has 1 aromatic carbocycles. The molecule has 4 heteroatoms. The van der Waals surface area contributed by atoms with E-state index in [0.717, 1.165) is 44.4 Å². The first kappa shape index (κ1) is 23.2. The number of carboxylic acid groups (broad SMARTS) is 1. The van der Waals surface area contributed by atoms with Crippen LogP contribution in [0.5, 0.6) is 0 Å². The van der Waals surface area contributed by atoms with Gasteiger partial charge in [0.25, 0.3) is 0 Å². The van der Waals surface area contributed by atoms with E-state index in [-0.39, 0.29) is 17.2 Å². The minimum Gasteiger partial charge on any atom is -0.478 e. The maximum atomic E-state index is 12.5. The molecule has 0 fully saturated rings. The average Bonchev–Trinajstić information content (AvgIpc) is 2.64. The summed E-state index contributed by atoms with van der Waals surface area (Å²) in [6.07, 6.45) is 10.9. The molecule has 0 heterocycles. The number of unbranched alkanes of at least 4 members (excludes halogenated alkanes) is 5. The van der Waals surface area contributed by atoms with Crippen LogP contribution in [0.25, 0.3) is 0 Å². The number of hydrogen-bond donors (Lipinski definition) is 1. The number of aromatic carboxylic acids is 1. The quantitative estimate of drug-likeness (QED) is 0.298. The lowest BCUT2D eigenvalue weighted by atomic mass is 10.0. The number of rotatable bonds is 14. The fraction of sp³-hybridized carbons (Fsp3) is 0.652. The molecule has 1 unspecified atom stereocenters. The first-order valence-electron chi connectivity index (χ1n) is 10.5. The summed E-state index contributed by atoms with van der Waals surface area (Å²) >= 11 is 0. The van der Waals surface area contributed by atoms with Gasteiger partial charge in [0.2, 0.25) is 0 Å². The summed E-state index contributed by atoms with van der Waals surface area (Å²) in [7, 11) is 0. The van der Waals surface area contributed by atoms with E-state index in [4.69, 9.17) is 4.74 Å². The molecule has 1 N–H and O–H groups in total. The molecular weight excluding hydrogens is 340 g/mol. The second-order valence-electron chi connectivity index (χ2n) is 7.76. The summed E-state index contributed by atoms with van der Waals surface area (Å²) in [6.45, 7) is 6.64. The molecule has 0 spiro atoms. The van der Waals surface area contributed by atoms with Gasteiger partial charge in [-0.2, -0.15) is 0 Å². The highest BCUT2D eigenvalue weighted by Gasteiger charge is 2.20. The highest BCUT2D eigenvalue weighted by atomic mass is 16.5. The number of benzene rings is 1. The first-order chi connectivity index (χ1) is 13.0. The van der Waals surface area contributed by atoms with E-state index in [9.17, 15) is 14.7 Å². The van der Waals surface area contributed by atoms with Gasteiger partial charge < -0.3 is 9.84 Å². The lowest BCUT2D eigenvalue weighted by molar-refractivity contribution is 0.0245. The Bertz CT molecular complexity index is 565. The summed E-state index contributed by atoms with van der Waals surface area (Å²) in [6, 6.07) is 6.25. The third kappa shape index (κ3) is 9.60. The Labute approximate surface area is 164 Å². The van der Waals surface area contributed by atoms with Gasteiger partial charge in [-0.25, -0.2) is 9.59 Å². The Kier molecular flexibility index (Phi) is 11.5. The summed E-state index contributed by atoms with van der Waals surface area (Å²) < 4.78 is 5.69. The number of carboxylic acids is 1. The summed E-state index contributed by atoms with van der Waals surface area (Å²) in [4.78, 5) is 23.8. The van der Waals surface area contributed by atoms with E-state index in [2.05, 4.69) is 20.8 Å². The van der Waals surface area contributed by atoms with Crippen LogP contribution in [0.1, 0.15) is 106 Å². The Morgan fingerprint density at radius 1 is 0.889 bits per heavy atom. The molecule has 1 aromatic rings. The van der Waals surface area contributed by atoms with Gasteiger partial charge in [-0.15, -0.1) is 0 Å². The van der Waals surface area contributed by atoms with Crippen LogP contribution in [0, 0.1) is 5.92 Å². The molecule has 0 saturated heterocycles. The fourth-order valence-electron chi connectivity index (χ4n) is 3.21. The molecule has 0 bridgehead atoms. The second-order valence-corrected chi connectivity index (χ2v) is 7.76. The van der Waals surface area contributed by atoms with Crippen molar-refractivity contribution in [1.82, 2.24) is 0 Å². The zero-order chi connectivity index (χ0) is 20.1. The molecule has 152 valence electrons. The highest BCUT2D eigenvalue weighted by Crippen LogP contribution is 2.19. The number of esters is 1. The number of carbonyl (C=O) groups excluding carboxylic acids is 1. The smallest absolute Gasteiger partial charge is 0.339 e. The van der Waals surface area contributed by atoms with Gasteiger partial charge >= 0.3 is 11.9 Å². The van der Waals surface area contributed by atoms with Crippen LogP contribution < -0.4 is 0 Å². The third-order valence-corrected chi connectivity index (χ3v) is 4.84. The Morgan fingerprint density at radius 3 is 2.04 bits per heavy atom. The van der Waals surface area contributed by atoms with Crippen LogP contribution in [0.2, 0.25) is 0 Å².